The van der Waals surface area contributed by atoms with Crippen molar-refractivity contribution in [1.82, 2.24) is 0 Å². The molecule has 0 radical (unpaired) electrons. The standard InChI is InChI=1S/C11H23IOSi/c1-11(2)10-13-8-6-5-7-9-14(3,4)12/h1,5-10H2,2-4H3. The maximum Gasteiger partial charge on any atom is 0.119 e. The van der Waals surface area contributed by atoms with Gasteiger partial charge in [0.2, 0.25) is 0 Å². The first-order valence-electron chi connectivity index (χ1n) is 5.33. The molecule has 0 aromatic heterocycles. The highest BCUT2D eigenvalue weighted by Crippen LogP contribution is 2.20. The molecule has 0 heterocycles. The summed E-state index contributed by atoms with van der Waals surface area (Å²) in [7, 11) is 0. The van der Waals surface area contributed by atoms with E-state index in [1.165, 1.54) is 25.3 Å². The number of hydrogen-bond donors (Lipinski definition) is 0. The minimum absolute atomic E-state index is 0.729. The molecule has 0 aliphatic heterocycles. The van der Waals surface area contributed by atoms with Gasteiger partial charge in [-0.05, 0) is 19.4 Å². The Balaban J connectivity index is 3.11. The van der Waals surface area contributed by atoms with E-state index >= 15 is 0 Å². The lowest BCUT2D eigenvalue weighted by atomic mass is 10.3. The second kappa shape index (κ2) is 7.88. The molecule has 0 bridgehead atoms. The first-order chi connectivity index (χ1) is 6.42. The molecular formula is C11H23IOSi. The van der Waals surface area contributed by atoms with Crippen LogP contribution in [0.4, 0.5) is 0 Å². The highest BCUT2D eigenvalue weighted by atomic mass is 127. The maximum absolute atomic E-state index is 5.44. The van der Waals surface area contributed by atoms with Crippen molar-refractivity contribution in [2.45, 2.75) is 45.3 Å². The van der Waals surface area contributed by atoms with E-state index in [0.29, 0.717) is 0 Å². The van der Waals surface area contributed by atoms with Crippen molar-refractivity contribution in [3.63, 3.8) is 0 Å². The van der Waals surface area contributed by atoms with Gasteiger partial charge in [-0.3, -0.25) is 0 Å². The predicted octanol–water partition coefficient (Wildman–Crippen LogP) is 4.39. The monoisotopic (exact) mass is 326 g/mol. The maximum atomic E-state index is 5.44. The fraction of sp³-hybridized carbons (Fsp3) is 0.818. The molecule has 0 spiro atoms. The largest absolute Gasteiger partial charge is 0.377 e. The van der Waals surface area contributed by atoms with Gasteiger partial charge in [-0.15, -0.1) is 21.8 Å². The van der Waals surface area contributed by atoms with Crippen molar-refractivity contribution >= 4 is 27.4 Å². The average molecular weight is 326 g/mol. The van der Waals surface area contributed by atoms with Crippen LogP contribution >= 0.6 is 21.8 Å². The molecule has 0 unspecified atom stereocenters. The van der Waals surface area contributed by atoms with Gasteiger partial charge in [-0.1, -0.05) is 38.1 Å². The molecule has 0 aromatic carbocycles. The smallest absolute Gasteiger partial charge is 0.119 e. The Morgan fingerprint density at radius 3 is 2.43 bits per heavy atom. The van der Waals surface area contributed by atoms with Crippen LogP contribution in [-0.4, -0.2) is 18.8 Å². The Hall–Kier alpha value is 0.647. The summed E-state index contributed by atoms with van der Waals surface area (Å²) in [5, 5.41) is 0. The van der Waals surface area contributed by atoms with E-state index in [1.807, 2.05) is 6.92 Å². The predicted molar refractivity (Wildman–Crippen MR) is 75.8 cm³/mol. The van der Waals surface area contributed by atoms with Crippen LogP contribution in [0.25, 0.3) is 0 Å². The van der Waals surface area contributed by atoms with Crippen molar-refractivity contribution in [1.29, 1.82) is 0 Å². The van der Waals surface area contributed by atoms with Crippen molar-refractivity contribution in [2.24, 2.45) is 0 Å². The zero-order valence-electron chi connectivity index (χ0n) is 9.74. The second-order valence-electron chi connectivity index (χ2n) is 4.54. The molecule has 0 aliphatic rings. The van der Waals surface area contributed by atoms with Gasteiger partial charge < -0.3 is 4.74 Å². The molecule has 1 nitrogen and oxygen atoms in total. The van der Waals surface area contributed by atoms with Crippen LogP contribution < -0.4 is 0 Å². The summed E-state index contributed by atoms with van der Waals surface area (Å²) in [5.41, 5.74) is 0.288. The van der Waals surface area contributed by atoms with Gasteiger partial charge in [-0.25, -0.2) is 0 Å². The molecule has 3 heteroatoms. The molecular weight excluding hydrogens is 303 g/mol. The third kappa shape index (κ3) is 12.6. The van der Waals surface area contributed by atoms with E-state index < -0.39 is 5.57 Å². The van der Waals surface area contributed by atoms with E-state index in [0.717, 1.165) is 18.8 Å². The van der Waals surface area contributed by atoms with Gasteiger partial charge in [0.05, 0.1) is 6.61 Å². The second-order valence-corrected chi connectivity index (χ2v) is 17.2. The van der Waals surface area contributed by atoms with Gasteiger partial charge in [0.15, 0.2) is 0 Å². The molecule has 14 heavy (non-hydrogen) atoms. The molecule has 0 amide bonds. The van der Waals surface area contributed by atoms with Crippen LogP contribution in [0, 0.1) is 0 Å². The Bertz CT molecular complexity index is 163. The summed E-state index contributed by atoms with van der Waals surface area (Å²) in [6.45, 7) is 12.3. The summed E-state index contributed by atoms with van der Waals surface area (Å²) >= 11 is 2.65. The zero-order chi connectivity index (χ0) is 11.0. The van der Waals surface area contributed by atoms with E-state index in [2.05, 4.69) is 41.5 Å². The van der Waals surface area contributed by atoms with Crippen molar-refractivity contribution in [3.05, 3.63) is 12.2 Å². The summed E-state index contributed by atoms with van der Waals surface area (Å²) in [5.74, 6) is 0. The SMILES string of the molecule is C=C(C)COCCCCC[Si](C)(C)I. The summed E-state index contributed by atoms with van der Waals surface area (Å²) in [6, 6.07) is 1.44. The summed E-state index contributed by atoms with van der Waals surface area (Å²) < 4.78 is 5.44. The van der Waals surface area contributed by atoms with Crippen LogP contribution in [0.1, 0.15) is 26.2 Å². The lowest BCUT2D eigenvalue weighted by molar-refractivity contribution is 0.152. The van der Waals surface area contributed by atoms with Gasteiger partial charge in [-0.2, -0.15) is 0 Å². The van der Waals surface area contributed by atoms with Gasteiger partial charge in [0.25, 0.3) is 0 Å². The fourth-order valence-corrected chi connectivity index (χ4v) is 3.41. The first kappa shape index (κ1) is 14.6. The lowest BCUT2D eigenvalue weighted by Crippen LogP contribution is -2.13. The highest BCUT2D eigenvalue weighted by Gasteiger charge is 2.14. The first-order valence-corrected chi connectivity index (χ1v) is 11.6. The third-order valence-electron chi connectivity index (χ3n) is 1.91. The van der Waals surface area contributed by atoms with Crippen molar-refractivity contribution < 1.29 is 4.74 Å². The molecule has 0 aromatic rings. The summed E-state index contributed by atoms with van der Waals surface area (Å²) in [4.78, 5) is 0. The van der Waals surface area contributed by atoms with Gasteiger partial charge in [0.1, 0.15) is 5.57 Å². The molecule has 0 fully saturated rings. The molecule has 0 N–H and O–H groups in total. The quantitative estimate of drug-likeness (QED) is 0.211. The van der Waals surface area contributed by atoms with E-state index in [4.69, 9.17) is 4.74 Å². The zero-order valence-corrected chi connectivity index (χ0v) is 12.9. The minimum atomic E-state index is -0.829. The Morgan fingerprint density at radius 1 is 1.29 bits per heavy atom. The summed E-state index contributed by atoms with van der Waals surface area (Å²) in [6.07, 6.45) is 3.89. The Morgan fingerprint density at radius 2 is 1.93 bits per heavy atom. The highest BCUT2D eigenvalue weighted by molar-refractivity contribution is 14.1. The third-order valence-corrected chi connectivity index (χ3v) is 5.07. The van der Waals surface area contributed by atoms with Crippen LogP contribution in [0.15, 0.2) is 12.2 Å². The number of hydrogen-bond acceptors (Lipinski definition) is 1. The fourth-order valence-electron chi connectivity index (χ4n) is 1.17. The number of rotatable bonds is 8. The van der Waals surface area contributed by atoms with Crippen LogP contribution in [0.2, 0.25) is 19.1 Å². The Kier molecular flexibility index (Phi) is 8.24. The van der Waals surface area contributed by atoms with Crippen LogP contribution in [0.3, 0.4) is 0 Å². The molecule has 0 rings (SSSR count). The Labute approximate surface area is 103 Å². The normalized spacial score (nSPS) is 11.7. The minimum Gasteiger partial charge on any atom is -0.377 e. The van der Waals surface area contributed by atoms with Gasteiger partial charge >= 0.3 is 0 Å². The topological polar surface area (TPSA) is 9.23 Å². The lowest BCUT2D eigenvalue weighted by Gasteiger charge is -2.12. The van der Waals surface area contributed by atoms with E-state index in [-0.39, 0.29) is 0 Å². The van der Waals surface area contributed by atoms with Crippen molar-refractivity contribution in [3.8, 4) is 0 Å². The van der Waals surface area contributed by atoms with E-state index in [1.54, 1.807) is 0 Å². The number of unbranched alkanes of at least 4 members (excludes halogenated alkanes) is 2. The van der Waals surface area contributed by atoms with Crippen LogP contribution in [0.5, 0.6) is 0 Å². The molecule has 0 aliphatic carbocycles. The van der Waals surface area contributed by atoms with Crippen LogP contribution in [-0.2, 0) is 4.74 Å². The molecule has 0 atom stereocenters. The number of ether oxygens (including phenoxy) is 1. The van der Waals surface area contributed by atoms with E-state index in [9.17, 15) is 0 Å². The number of halogens is 1. The van der Waals surface area contributed by atoms with Gasteiger partial charge in [0, 0.05) is 6.61 Å². The average Bonchev–Trinajstić information content (AvgIpc) is 2.00. The van der Waals surface area contributed by atoms with Crippen molar-refractivity contribution in [2.75, 3.05) is 13.2 Å². The molecule has 0 saturated carbocycles. The molecule has 84 valence electrons. The molecule has 0 saturated heterocycles.